The van der Waals surface area contributed by atoms with Crippen molar-refractivity contribution in [2.45, 2.75) is 49.1 Å². The van der Waals surface area contributed by atoms with Gasteiger partial charge in [-0.25, -0.2) is 32.5 Å². The number of dihydropyridines is 1. The number of allylic oxidation sites excluding steroid dienone is 1. The monoisotopic (exact) mass is 532 g/mol. The third kappa shape index (κ3) is 4.66. The van der Waals surface area contributed by atoms with Gasteiger partial charge in [0.15, 0.2) is 16.4 Å². The van der Waals surface area contributed by atoms with Crippen molar-refractivity contribution in [1.29, 1.82) is 0 Å². The molecule has 3 aliphatic rings. The van der Waals surface area contributed by atoms with Gasteiger partial charge in [0.1, 0.15) is 22.6 Å². The molecule has 2 aromatic rings. The predicted octanol–water partition coefficient (Wildman–Crippen LogP) is 4.95. The number of nitrogens with zero attached hydrogens (tertiary/aromatic N) is 3. The van der Waals surface area contributed by atoms with Crippen LogP contribution in [0.5, 0.6) is 0 Å². The fraction of sp³-hybridized carbons (Fsp3) is 0.292. The molecule has 0 saturated heterocycles. The first-order chi connectivity index (χ1) is 17.1. The molecule has 8 nitrogen and oxygen atoms in total. The molecule has 36 heavy (non-hydrogen) atoms. The fourth-order valence-corrected chi connectivity index (χ4v) is 5.50. The first kappa shape index (κ1) is 24.2. The average molecular weight is 533 g/mol. The van der Waals surface area contributed by atoms with Gasteiger partial charge in [-0.05, 0) is 63.0 Å². The molecule has 2 aliphatic heterocycles. The minimum absolute atomic E-state index is 0.0648. The van der Waals surface area contributed by atoms with Gasteiger partial charge in [-0.2, -0.15) is 0 Å². The highest BCUT2D eigenvalue weighted by Gasteiger charge is 2.42. The summed E-state index contributed by atoms with van der Waals surface area (Å²) in [4.78, 5) is 12.3. The highest BCUT2D eigenvalue weighted by Crippen LogP contribution is 2.34. The summed E-state index contributed by atoms with van der Waals surface area (Å²) >= 11 is 6.13. The van der Waals surface area contributed by atoms with Crippen molar-refractivity contribution in [3.63, 3.8) is 0 Å². The van der Waals surface area contributed by atoms with E-state index in [2.05, 4.69) is 26.1 Å². The van der Waals surface area contributed by atoms with E-state index in [0.29, 0.717) is 28.9 Å². The van der Waals surface area contributed by atoms with Crippen LogP contribution in [0.1, 0.15) is 38.2 Å². The van der Waals surface area contributed by atoms with Gasteiger partial charge in [-0.1, -0.05) is 11.6 Å². The first-order valence-corrected chi connectivity index (χ1v) is 13.1. The summed E-state index contributed by atoms with van der Waals surface area (Å²) in [5.41, 5.74) is 0.680. The summed E-state index contributed by atoms with van der Waals surface area (Å²) < 4.78 is 61.2. The van der Waals surface area contributed by atoms with Gasteiger partial charge in [0.2, 0.25) is 0 Å². The van der Waals surface area contributed by atoms with Crippen LogP contribution in [0.2, 0.25) is 5.15 Å². The number of anilines is 1. The number of hydrogen-bond acceptors (Lipinski definition) is 6. The summed E-state index contributed by atoms with van der Waals surface area (Å²) in [5, 5.41) is 2.91. The summed E-state index contributed by atoms with van der Waals surface area (Å²) in [6.07, 6.45) is 12.0. The number of pyridine rings is 1. The Bertz CT molecular complexity index is 1510. The van der Waals surface area contributed by atoms with E-state index in [4.69, 9.17) is 21.3 Å². The van der Waals surface area contributed by atoms with E-state index in [-0.39, 0.29) is 16.9 Å². The second-order valence-electron chi connectivity index (χ2n) is 8.80. The van der Waals surface area contributed by atoms with Crippen molar-refractivity contribution in [3.8, 4) is 6.19 Å². The van der Waals surface area contributed by atoms with E-state index in [1.807, 2.05) is 13.0 Å². The Kier molecular flexibility index (Phi) is 6.18. The number of rotatable bonds is 6. The third-order valence-electron chi connectivity index (χ3n) is 6.12. The molecule has 1 aromatic heterocycles. The number of aromatic nitrogens is 1. The second kappa shape index (κ2) is 9.19. The van der Waals surface area contributed by atoms with E-state index in [9.17, 15) is 17.2 Å². The third-order valence-corrected chi connectivity index (χ3v) is 7.82. The highest BCUT2D eigenvalue weighted by molar-refractivity contribution is 7.92. The molecule has 5 rings (SSSR count). The number of ether oxygens (including phenoxy) is 1. The smallest absolute Gasteiger partial charge is 0.420 e. The molecular weight excluding hydrogens is 512 g/mol. The van der Waals surface area contributed by atoms with Crippen molar-refractivity contribution < 1.29 is 21.9 Å². The molecule has 186 valence electrons. The number of aliphatic imine (C=N–C) groups is 1. The Morgan fingerprint density at radius 3 is 2.81 bits per heavy atom. The summed E-state index contributed by atoms with van der Waals surface area (Å²) in [6.45, 7) is 1.91. The van der Waals surface area contributed by atoms with Gasteiger partial charge in [-0.3, -0.25) is 4.72 Å². The second-order valence-corrected chi connectivity index (χ2v) is 10.8. The quantitative estimate of drug-likeness (QED) is 0.405. The van der Waals surface area contributed by atoms with Crippen LogP contribution in [0.15, 0.2) is 64.1 Å². The number of hydrogen-bond donors (Lipinski definition) is 2. The molecule has 1 unspecified atom stereocenters. The van der Waals surface area contributed by atoms with Crippen LogP contribution < -0.4 is 10.0 Å². The molecule has 12 heteroatoms. The molecule has 0 spiro atoms. The van der Waals surface area contributed by atoms with Gasteiger partial charge < -0.3 is 4.74 Å². The SMILES string of the molecule is CC12C=CC(c3cnc(Cl)c(NS(=O)(=O)c4ccc(F)cc4F)c3)=NC1=C(OC1CCCC1)[N+]#CN2. The maximum atomic E-state index is 14.1. The van der Waals surface area contributed by atoms with E-state index in [1.54, 1.807) is 6.08 Å². The number of benzene rings is 1. The van der Waals surface area contributed by atoms with Crippen LogP contribution in [-0.2, 0) is 14.8 Å². The molecular formula is C24H21ClF2N5O3S+. The maximum absolute atomic E-state index is 14.1. The molecule has 1 aliphatic carbocycles. The maximum Gasteiger partial charge on any atom is 0.420 e. The zero-order valence-electron chi connectivity index (χ0n) is 19.1. The molecule has 0 radical (unpaired) electrons. The van der Waals surface area contributed by atoms with Crippen molar-refractivity contribution in [3.05, 3.63) is 81.4 Å². The number of fused-ring (bicyclic) bond motifs is 1. The molecule has 1 atom stereocenters. The lowest BCUT2D eigenvalue weighted by Gasteiger charge is -2.26. The lowest BCUT2D eigenvalue weighted by molar-refractivity contribution is 0.125. The van der Waals surface area contributed by atoms with Gasteiger partial charge in [0, 0.05) is 17.8 Å². The molecule has 2 N–H and O–H groups in total. The van der Waals surface area contributed by atoms with Gasteiger partial charge in [0.25, 0.3) is 10.0 Å². The van der Waals surface area contributed by atoms with Crippen LogP contribution in [0.4, 0.5) is 14.5 Å². The zero-order valence-corrected chi connectivity index (χ0v) is 20.6. The highest BCUT2D eigenvalue weighted by atomic mass is 35.5. The summed E-state index contributed by atoms with van der Waals surface area (Å²) in [5.74, 6) is -1.75. The lowest BCUT2D eigenvalue weighted by atomic mass is 9.92. The van der Waals surface area contributed by atoms with Crippen molar-refractivity contribution in [2.24, 2.45) is 4.99 Å². The van der Waals surface area contributed by atoms with Crippen LogP contribution in [0.3, 0.4) is 0 Å². The largest absolute Gasteiger partial charge is 0.445 e. The summed E-state index contributed by atoms with van der Waals surface area (Å²) in [7, 11) is -4.42. The van der Waals surface area contributed by atoms with E-state index < -0.39 is 32.1 Å². The Balaban J connectivity index is 1.49. The fourth-order valence-electron chi connectivity index (χ4n) is 4.18. The number of nitrogens with one attached hydrogen (secondary N) is 2. The molecule has 3 heterocycles. The van der Waals surface area contributed by atoms with Crippen LogP contribution in [0.25, 0.3) is 4.85 Å². The van der Waals surface area contributed by atoms with E-state index in [1.165, 1.54) is 12.3 Å². The minimum atomic E-state index is -4.42. The minimum Gasteiger partial charge on any atom is -0.445 e. The molecule has 1 saturated carbocycles. The Hall–Kier alpha value is -3.49. The topological polar surface area (TPSA) is 97.0 Å². The van der Waals surface area contributed by atoms with E-state index in [0.717, 1.165) is 37.8 Å². The van der Waals surface area contributed by atoms with Crippen LogP contribution in [-0.4, -0.2) is 30.8 Å². The van der Waals surface area contributed by atoms with Crippen molar-refractivity contribution in [2.75, 3.05) is 4.72 Å². The number of sulfonamides is 1. The standard InChI is InChI=1S/C24H20ClF2N5O3S/c1-24-9-8-18(31-21(24)23(29-13-30-24)35-16-4-2-3-5-16)14-10-19(22(25)28-12-14)32-36(33,34)20-7-6-15(26)11-17(20)27/h6-12,16,32H,2-5H2,1H3/p+1. The lowest BCUT2D eigenvalue weighted by Crippen LogP contribution is -2.43. The Morgan fingerprint density at radius 1 is 1.28 bits per heavy atom. The summed E-state index contributed by atoms with van der Waals surface area (Å²) in [6, 6.07) is 3.60. The normalized spacial score (nSPS) is 21.3. The van der Waals surface area contributed by atoms with Gasteiger partial charge in [-0.15, -0.1) is 4.85 Å². The number of halogens is 3. The first-order valence-electron chi connectivity index (χ1n) is 11.2. The van der Waals surface area contributed by atoms with Gasteiger partial charge in [0.05, 0.1) is 11.4 Å². The van der Waals surface area contributed by atoms with Crippen molar-refractivity contribution >= 4 is 33.0 Å². The van der Waals surface area contributed by atoms with Gasteiger partial charge >= 0.3 is 12.1 Å². The molecule has 1 aromatic carbocycles. The van der Waals surface area contributed by atoms with Crippen molar-refractivity contribution in [1.82, 2.24) is 10.3 Å². The van der Waals surface area contributed by atoms with Crippen LogP contribution >= 0.6 is 11.6 Å². The molecule has 0 amide bonds. The Morgan fingerprint density at radius 2 is 2.06 bits per heavy atom. The van der Waals surface area contributed by atoms with Crippen LogP contribution in [0, 0.1) is 17.8 Å². The Labute approximate surface area is 211 Å². The zero-order chi connectivity index (χ0) is 25.5. The average Bonchev–Trinajstić information content (AvgIpc) is 3.33. The molecule has 1 fully saturated rings. The van der Waals surface area contributed by atoms with E-state index >= 15 is 0 Å². The predicted molar refractivity (Wildman–Crippen MR) is 131 cm³/mol. The molecule has 0 bridgehead atoms.